The summed E-state index contributed by atoms with van der Waals surface area (Å²) in [6, 6.07) is -0.781. The van der Waals surface area contributed by atoms with E-state index in [1.807, 2.05) is 13.8 Å². The lowest BCUT2D eigenvalue weighted by atomic mass is 9.94. The van der Waals surface area contributed by atoms with Crippen LogP contribution in [0, 0.1) is 17.8 Å². The second-order valence-corrected chi connectivity index (χ2v) is 5.56. The molecule has 2 unspecified atom stereocenters. The van der Waals surface area contributed by atoms with Gasteiger partial charge in [0.1, 0.15) is 6.04 Å². The molecule has 0 aromatic heterocycles. The van der Waals surface area contributed by atoms with Gasteiger partial charge in [-0.25, -0.2) is 4.79 Å². The van der Waals surface area contributed by atoms with Gasteiger partial charge in [-0.2, -0.15) is 0 Å². The normalized spacial score (nSPS) is 25.1. The Kier molecular flexibility index (Phi) is 5.59. The van der Waals surface area contributed by atoms with E-state index in [9.17, 15) is 9.59 Å². The van der Waals surface area contributed by atoms with Crippen molar-refractivity contribution >= 4 is 11.9 Å². The molecule has 1 aliphatic carbocycles. The Hall–Kier alpha value is -1.10. The van der Waals surface area contributed by atoms with E-state index in [2.05, 4.69) is 5.32 Å². The fraction of sp³-hybridized carbons (Fsp3) is 0.846. The summed E-state index contributed by atoms with van der Waals surface area (Å²) < 4.78 is 0. The molecule has 4 N–H and O–H groups in total. The molecule has 1 amide bonds. The Labute approximate surface area is 108 Å². The molecule has 1 fully saturated rings. The van der Waals surface area contributed by atoms with Crippen LogP contribution in [0.5, 0.6) is 0 Å². The summed E-state index contributed by atoms with van der Waals surface area (Å²) in [4.78, 5) is 23.2. The summed E-state index contributed by atoms with van der Waals surface area (Å²) in [6.07, 6.45) is 3.25. The third-order valence-corrected chi connectivity index (χ3v) is 3.62. The number of aliphatic carboxylic acids is 1. The number of amides is 1. The minimum atomic E-state index is -0.959. The van der Waals surface area contributed by atoms with Crippen molar-refractivity contribution in [2.75, 3.05) is 6.54 Å². The van der Waals surface area contributed by atoms with Gasteiger partial charge >= 0.3 is 5.97 Å². The number of rotatable bonds is 6. The first kappa shape index (κ1) is 15.0. The van der Waals surface area contributed by atoms with Crippen LogP contribution in [0.3, 0.4) is 0 Å². The van der Waals surface area contributed by atoms with E-state index in [0.29, 0.717) is 13.0 Å². The Morgan fingerprint density at radius 3 is 2.56 bits per heavy atom. The Morgan fingerprint density at radius 2 is 2.06 bits per heavy atom. The van der Waals surface area contributed by atoms with Gasteiger partial charge in [0.2, 0.25) is 5.91 Å². The van der Waals surface area contributed by atoms with Gasteiger partial charge in [0.25, 0.3) is 0 Å². The lowest BCUT2D eigenvalue weighted by Crippen LogP contribution is -2.45. The molecule has 1 rings (SSSR count). The highest BCUT2D eigenvalue weighted by atomic mass is 16.4. The van der Waals surface area contributed by atoms with Gasteiger partial charge in [-0.15, -0.1) is 0 Å². The summed E-state index contributed by atoms with van der Waals surface area (Å²) in [7, 11) is 0. The summed E-state index contributed by atoms with van der Waals surface area (Å²) in [5.74, 6) is -0.766. The maximum absolute atomic E-state index is 12.1. The van der Waals surface area contributed by atoms with Gasteiger partial charge in [0.15, 0.2) is 0 Å². The van der Waals surface area contributed by atoms with Crippen molar-refractivity contribution in [3.8, 4) is 0 Å². The highest BCUT2D eigenvalue weighted by molar-refractivity contribution is 5.85. The fourth-order valence-electron chi connectivity index (χ4n) is 2.64. The number of hydrogen-bond donors (Lipinski definition) is 3. The monoisotopic (exact) mass is 256 g/mol. The smallest absolute Gasteiger partial charge is 0.326 e. The van der Waals surface area contributed by atoms with Crippen LogP contribution in [-0.2, 0) is 9.59 Å². The zero-order valence-electron chi connectivity index (χ0n) is 11.2. The summed E-state index contributed by atoms with van der Waals surface area (Å²) in [6.45, 7) is 4.39. The Balaban J connectivity index is 2.58. The molecule has 0 saturated heterocycles. The van der Waals surface area contributed by atoms with E-state index < -0.39 is 12.0 Å². The van der Waals surface area contributed by atoms with E-state index in [0.717, 1.165) is 19.3 Å². The lowest BCUT2D eigenvalue weighted by Gasteiger charge is -2.21. The molecule has 1 saturated carbocycles. The first-order chi connectivity index (χ1) is 8.45. The van der Waals surface area contributed by atoms with Crippen LogP contribution in [-0.4, -0.2) is 29.6 Å². The van der Waals surface area contributed by atoms with Crippen molar-refractivity contribution in [3.05, 3.63) is 0 Å². The molecular weight excluding hydrogens is 232 g/mol. The van der Waals surface area contributed by atoms with Gasteiger partial charge in [0, 0.05) is 5.92 Å². The molecule has 18 heavy (non-hydrogen) atoms. The van der Waals surface area contributed by atoms with Gasteiger partial charge in [-0.05, 0) is 37.6 Å². The lowest BCUT2D eigenvalue weighted by molar-refractivity contribution is -0.143. The van der Waals surface area contributed by atoms with E-state index in [4.69, 9.17) is 10.8 Å². The minimum Gasteiger partial charge on any atom is -0.480 e. The molecule has 1 aliphatic rings. The first-order valence-corrected chi connectivity index (χ1v) is 6.69. The second-order valence-electron chi connectivity index (χ2n) is 5.56. The van der Waals surface area contributed by atoms with Crippen molar-refractivity contribution in [2.24, 2.45) is 23.5 Å². The molecule has 0 bridgehead atoms. The van der Waals surface area contributed by atoms with Crippen molar-refractivity contribution in [1.29, 1.82) is 0 Å². The molecule has 3 atom stereocenters. The van der Waals surface area contributed by atoms with Crippen LogP contribution in [0.15, 0.2) is 0 Å². The number of carbonyl (C=O) groups is 2. The number of carboxylic acids is 1. The Bertz CT molecular complexity index is 305. The average molecular weight is 256 g/mol. The van der Waals surface area contributed by atoms with Crippen molar-refractivity contribution in [2.45, 2.75) is 45.6 Å². The third-order valence-electron chi connectivity index (χ3n) is 3.62. The van der Waals surface area contributed by atoms with Crippen LogP contribution in [0.25, 0.3) is 0 Å². The summed E-state index contributed by atoms with van der Waals surface area (Å²) >= 11 is 0. The standard InChI is InChI=1S/C13H24N2O3/c1-8(2)6-11(13(17)18)15-12(16)10-5-3-4-9(10)7-14/h8-11H,3-7,14H2,1-2H3,(H,15,16)(H,17,18)/t9?,10?,11-/m1/s1. The Morgan fingerprint density at radius 1 is 1.39 bits per heavy atom. The SMILES string of the molecule is CC(C)C[C@@H](NC(=O)C1CCCC1CN)C(=O)O. The summed E-state index contributed by atoms with van der Waals surface area (Å²) in [5.41, 5.74) is 5.64. The van der Waals surface area contributed by atoms with E-state index in [1.165, 1.54) is 0 Å². The van der Waals surface area contributed by atoms with Gasteiger partial charge < -0.3 is 16.2 Å². The average Bonchev–Trinajstić information content (AvgIpc) is 2.75. The molecule has 0 heterocycles. The zero-order valence-corrected chi connectivity index (χ0v) is 11.2. The number of nitrogens with two attached hydrogens (primary N) is 1. The zero-order chi connectivity index (χ0) is 13.7. The van der Waals surface area contributed by atoms with Crippen molar-refractivity contribution in [1.82, 2.24) is 5.32 Å². The molecule has 0 radical (unpaired) electrons. The summed E-state index contributed by atoms with van der Waals surface area (Å²) in [5, 5.41) is 11.8. The van der Waals surface area contributed by atoms with Gasteiger partial charge in [-0.3, -0.25) is 4.79 Å². The topological polar surface area (TPSA) is 92.4 Å². The number of carboxylic acid groups (broad SMARTS) is 1. The number of nitrogens with one attached hydrogen (secondary N) is 1. The van der Waals surface area contributed by atoms with Crippen LogP contribution >= 0.6 is 0 Å². The highest BCUT2D eigenvalue weighted by Gasteiger charge is 2.34. The fourth-order valence-corrected chi connectivity index (χ4v) is 2.64. The van der Waals surface area contributed by atoms with Gasteiger partial charge in [0.05, 0.1) is 0 Å². The third kappa shape index (κ3) is 3.98. The maximum atomic E-state index is 12.1. The first-order valence-electron chi connectivity index (χ1n) is 6.69. The molecular formula is C13H24N2O3. The van der Waals surface area contributed by atoms with Gasteiger partial charge in [-0.1, -0.05) is 20.3 Å². The second kappa shape index (κ2) is 6.73. The van der Waals surface area contributed by atoms with E-state index in [-0.39, 0.29) is 23.7 Å². The molecule has 104 valence electrons. The van der Waals surface area contributed by atoms with Crippen LogP contribution in [0.2, 0.25) is 0 Å². The molecule has 0 spiro atoms. The largest absolute Gasteiger partial charge is 0.480 e. The van der Waals surface area contributed by atoms with Crippen molar-refractivity contribution < 1.29 is 14.7 Å². The van der Waals surface area contributed by atoms with Crippen LogP contribution < -0.4 is 11.1 Å². The van der Waals surface area contributed by atoms with E-state index in [1.54, 1.807) is 0 Å². The minimum absolute atomic E-state index is 0.107. The highest BCUT2D eigenvalue weighted by Crippen LogP contribution is 2.31. The van der Waals surface area contributed by atoms with Crippen LogP contribution in [0.1, 0.15) is 39.5 Å². The molecule has 5 heteroatoms. The molecule has 0 aromatic rings. The molecule has 0 aromatic carbocycles. The number of carbonyl (C=O) groups excluding carboxylic acids is 1. The maximum Gasteiger partial charge on any atom is 0.326 e. The van der Waals surface area contributed by atoms with Crippen LogP contribution in [0.4, 0.5) is 0 Å². The molecule has 5 nitrogen and oxygen atoms in total. The molecule has 0 aliphatic heterocycles. The number of hydrogen-bond acceptors (Lipinski definition) is 3. The quantitative estimate of drug-likeness (QED) is 0.660. The van der Waals surface area contributed by atoms with Crippen molar-refractivity contribution in [3.63, 3.8) is 0 Å². The predicted molar refractivity (Wildman–Crippen MR) is 68.9 cm³/mol. The van der Waals surface area contributed by atoms with E-state index >= 15 is 0 Å². The predicted octanol–water partition coefficient (Wildman–Crippen LogP) is 0.977.